The third kappa shape index (κ3) is 3.92. The van der Waals surface area contributed by atoms with E-state index in [1.54, 1.807) is 7.11 Å². The Hall–Kier alpha value is -3.77. The summed E-state index contributed by atoms with van der Waals surface area (Å²) in [6, 6.07) is 19.0. The maximum absolute atomic E-state index is 12.5. The van der Waals surface area contributed by atoms with Crippen LogP contribution in [0.15, 0.2) is 60.7 Å². The summed E-state index contributed by atoms with van der Waals surface area (Å²) in [5.74, 6) is 0.575. The molecule has 0 radical (unpaired) electrons. The third-order valence-corrected chi connectivity index (χ3v) is 8.74. The molecule has 0 spiro atoms. The summed E-state index contributed by atoms with van der Waals surface area (Å²) in [4.78, 5) is 14.8. The Morgan fingerprint density at radius 2 is 1.80 bits per heavy atom. The van der Waals surface area contributed by atoms with Crippen LogP contribution in [0.25, 0.3) is 27.9 Å². The molecule has 4 aromatic rings. The van der Waals surface area contributed by atoms with Gasteiger partial charge in [0.15, 0.2) is 5.72 Å². The molecule has 0 N–H and O–H groups in total. The number of carbonyl (C=O) groups is 1. The number of aryl methyl sites for hydroxylation is 1. The highest BCUT2D eigenvalue weighted by molar-refractivity contribution is 6.09. The van der Waals surface area contributed by atoms with Gasteiger partial charge in [0.1, 0.15) is 5.75 Å². The summed E-state index contributed by atoms with van der Waals surface area (Å²) in [5.41, 5.74) is 5.36. The van der Waals surface area contributed by atoms with Crippen LogP contribution in [0.5, 0.6) is 5.75 Å². The number of nitrogens with zero attached hydrogens (tertiary/aromatic N) is 2. The molecule has 2 aliphatic heterocycles. The van der Waals surface area contributed by atoms with Crippen LogP contribution in [0.2, 0.25) is 0 Å². The van der Waals surface area contributed by atoms with Crippen molar-refractivity contribution in [1.29, 1.82) is 0 Å². The van der Waals surface area contributed by atoms with Crippen molar-refractivity contribution in [3.05, 3.63) is 77.4 Å². The van der Waals surface area contributed by atoms with Crippen molar-refractivity contribution in [2.45, 2.75) is 58.2 Å². The number of esters is 1. The van der Waals surface area contributed by atoms with Gasteiger partial charge in [0.2, 0.25) is 0 Å². The van der Waals surface area contributed by atoms with Crippen LogP contribution in [0.3, 0.4) is 0 Å². The molecule has 0 saturated carbocycles. The van der Waals surface area contributed by atoms with Crippen LogP contribution >= 0.6 is 0 Å². The zero-order valence-corrected chi connectivity index (χ0v) is 24.1. The SMILES string of the molecule is CCCCn1c2ccc(/C=C/C34OCCN3c3ccc(C(=O)OCC)cc3C4(C)C)cc2c2cc(OC)ccc21. The van der Waals surface area contributed by atoms with E-state index in [4.69, 9.17) is 14.2 Å². The van der Waals surface area contributed by atoms with Gasteiger partial charge in [-0.3, -0.25) is 0 Å². The number of fused-ring (bicyclic) bond motifs is 6. The largest absolute Gasteiger partial charge is 0.497 e. The van der Waals surface area contributed by atoms with Crippen LogP contribution in [-0.4, -0.2) is 43.1 Å². The van der Waals surface area contributed by atoms with E-state index in [0.29, 0.717) is 18.8 Å². The normalized spacial score (nSPS) is 19.5. The number of rotatable bonds is 8. The molecule has 40 heavy (non-hydrogen) atoms. The summed E-state index contributed by atoms with van der Waals surface area (Å²) >= 11 is 0. The van der Waals surface area contributed by atoms with E-state index in [1.165, 1.54) is 21.8 Å². The molecule has 1 saturated heterocycles. The first kappa shape index (κ1) is 26.5. The van der Waals surface area contributed by atoms with E-state index in [9.17, 15) is 4.79 Å². The molecule has 3 aromatic carbocycles. The first-order valence-electron chi connectivity index (χ1n) is 14.4. The number of hydrogen-bond acceptors (Lipinski definition) is 5. The first-order valence-corrected chi connectivity index (χ1v) is 14.4. The molecule has 1 unspecified atom stereocenters. The monoisotopic (exact) mass is 538 g/mol. The van der Waals surface area contributed by atoms with Crippen LogP contribution in [0.1, 0.15) is 62.0 Å². The summed E-state index contributed by atoms with van der Waals surface area (Å²) in [6.45, 7) is 11.3. The number of carbonyl (C=O) groups excluding carboxylic acids is 1. The maximum atomic E-state index is 12.5. The predicted molar refractivity (Wildman–Crippen MR) is 161 cm³/mol. The third-order valence-electron chi connectivity index (χ3n) is 8.74. The lowest BCUT2D eigenvalue weighted by Gasteiger charge is -2.39. The zero-order chi connectivity index (χ0) is 28.1. The number of unbranched alkanes of at least 4 members (excludes halogenated alkanes) is 1. The van der Waals surface area contributed by atoms with Crippen molar-refractivity contribution in [1.82, 2.24) is 4.57 Å². The van der Waals surface area contributed by atoms with Crippen LogP contribution in [-0.2, 0) is 21.4 Å². The van der Waals surface area contributed by atoms with E-state index in [2.05, 4.69) is 72.7 Å². The minimum absolute atomic E-state index is 0.290. The smallest absolute Gasteiger partial charge is 0.338 e. The topological polar surface area (TPSA) is 52.9 Å². The lowest BCUT2D eigenvalue weighted by molar-refractivity contribution is 0.000297. The highest BCUT2D eigenvalue weighted by Crippen LogP contribution is 2.55. The molecule has 1 atom stereocenters. The number of methoxy groups -OCH3 is 1. The number of anilines is 1. The fourth-order valence-electron chi connectivity index (χ4n) is 6.60. The van der Waals surface area contributed by atoms with E-state index >= 15 is 0 Å². The van der Waals surface area contributed by atoms with E-state index in [-0.39, 0.29) is 11.4 Å². The van der Waals surface area contributed by atoms with Gasteiger partial charge < -0.3 is 23.7 Å². The average molecular weight is 539 g/mol. The maximum Gasteiger partial charge on any atom is 0.338 e. The average Bonchev–Trinajstić information content (AvgIpc) is 3.59. The van der Waals surface area contributed by atoms with Gasteiger partial charge in [0, 0.05) is 46.0 Å². The van der Waals surface area contributed by atoms with Gasteiger partial charge >= 0.3 is 5.97 Å². The molecule has 1 fully saturated rings. The van der Waals surface area contributed by atoms with Crippen molar-refractivity contribution in [3.8, 4) is 5.75 Å². The van der Waals surface area contributed by atoms with Gasteiger partial charge in [0.05, 0.1) is 25.9 Å². The number of ether oxygens (including phenoxy) is 3. The lowest BCUT2D eigenvalue weighted by Crippen LogP contribution is -2.51. The highest BCUT2D eigenvalue weighted by Gasteiger charge is 2.59. The summed E-state index contributed by atoms with van der Waals surface area (Å²) in [6.07, 6.45) is 6.68. The van der Waals surface area contributed by atoms with Gasteiger partial charge in [-0.1, -0.05) is 39.3 Å². The second kappa shape index (κ2) is 10.0. The van der Waals surface area contributed by atoms with Crippen molar-refractivity contribution in [2.24, 2.45) is 0 Å². The Morgan fingerprint density at radius 3 is 2.55 bits per heavy atom. The lowest BCUT2D eigenvalue weighted by atomic mass is 9.77. The number of aromatic nitrogens is 1. The number of hydrogen-bond donors (Lipinski definition) is 0. The molecule has 6 nitrogen and oxygen atoms in total. The minimum Gasteiger partial charge on any atom is -0.497 e. The van der Waals surface area contributed by atoms with Crippen molar-refractivity contribution in [2.75, 3.05) is 31.8 Å². The van der Waals surface area contributed by atoms with E-state index in [1.807, 2.05) is 31.2 Å². The standard InChI is InChI=1S/C34H38N2O4/c1-6-8-17-35-29-12-9-23(20-26(29)27-22-25(38-5)11-14-30(27)35)15-16-34-33(3,4)28-21-24(32(37)39-7-2)10-13-31(28)36(34)18-19-40-34/h9-16,20-22H,6-8,17-19H2,1-5H3/b16-15+. The fraction of sp³-hybridized carbons (Fsp3) is 0.382. The highest BCUT2D eigenvalue weighted by atomic mass is 16.5. The summed E-state index contributed by atoms with van der Waals surface area (Å²) in [5, 5.41) is 2.43. The number of benzene rings is 3. The summed E-state index contributed by atoms with van der Waals surface area (Å²) < 4.78 is 19.8. The Bertz CT molecular complexity index is 1630. The van der Waals surface area contributed by atoms with Crippen LogP contribution in [0, 0.1) is 0 Å². The Labute approximate surface area is 236 Å². The molecule has 1 aromatic heterocycles. The Morgan fingerprint density at radius 1 is 1.02 bits per heavy atom. The first-order chi connectivity index (χ1) is 19.3. The van der Waals surface area contributed by atoms with Gasteiger partial charge in [0.25, 0.3) is 0 Å². The van der Waals surface area contributed by atoms with Gasteiger partial charge in [-0.2, -0.15) is 0 Å². The molecule has 6 heteroatoms. The van der Waals surface area contributed by atoms with Crippen LogP contribution < -0.4 is 9.64 Å². The molecule has 2 aliphatic rings. The molecular formula is C34H38N2O4. The Kier molecular flexibility index (Phi) is 6.62. The second-order valence-electron chi connectivity index (χ2n) is 11.3. The quantitative estimate of drug-likeness (QED) is 0.220. The van der Waals surface area contributed by atoms with Crippen molar-refractivity contribution < 1.29 is 19.0 Å². The molecule has 0 aliphatic carbocycles. The minimum atomic E-state index is -0.643. The Balaban J connectivity index is 1.41. The fourth-order valence-corrected chi connectivity index (χ4v) is 6.60. The van der Waals surface area contributed by atoms with Crippen LogP contribution in [0.4, 0.5) is 5.69 Å². The van der Waals surface area contributed by atoms with Crippen molar-refractivity contribution >= 4 is 39.5 Å². The van der Waals surface area contributed by atoms with E-state index < -0.39 is 5.72 Å². The molecule has 0 bridgehead atoms. The molecule has 208 valence electrons. The van der Waals surface area contributed by atoms with Crippen molar-refractivity contribution in [3.63, 3.8) is 0 Å². The second-order valence-corrected chi connectivity index (χ2v) is 11.3. The van der Waals surface area contributed by atoms with E-state index in [0.717, 1.165) is 48.5 Å². The molecule has 0 amide bonds. The molecular weight excluding hydrogens is 500 g/mol. The summed E-state index contributed by atoms with van der Waals surface area (Å²) in [7, 11) is 1.72. The van der Waals surface area contributed by atoms with Gasteiger partial charge in [-0.05, 0) is 79.1 Å². The van der Waals surface area contributed by atoms with Gasteiger partial charge in [-0.25, -0.2) is 4.79 Å². The zero-order valence-electron chi connectivity index (χ0n) is 24.1. The predicted octanol–water partition coefficient (Wildman–Crippen LogP) is 7.32. The molecule has 6 rings (SSSR count). The van der Waals surface area contributed by atoms with Gasteiger partial charge in [-0.15, -0.1) is 0 Å². The molecule has 3 heterocycles.